The summed E-state index contributed by atoms with van der Waals surface area (Å²) in [6.45, 7) is 6.73. The molecule has 0 atom stereocenters. The molecule has 3 aromatic heterocycles. The Bertz CT molecular complexity index is 1120. The lowest BCUT2D eigenvalue weighted by Gasteiger charge is -2.02. The van der Waals surface area contributed by atoms with Crippen molar-refractivity contribution < 1.29 is 38.4 Å². The number of ether oxygens (including phenoxy) is 4. The minimum Gasteiger partial charge on any atom is -0.477 e. The topological polar surface area (TPSA) is 186 Å². The van der Waals surface area contributed by atoms with Crippen LogP contribution >= 0.6 is 11.6 Å². The molecule has 14 nitrogen and oxygen atoms in total. The van der Waals surface area contributed by atoms with Crippen LogP contribution in [0.4, 0.5) is 0 Å². The predicted molar refractivity (Wildman–Crippen MR) is 128 cm³/mol. The van der Waals surface area contributed by atoms with Gasteiger partial charge in [0, 0.05) is 0 Å². The molecule has 0 saturated heterocycles. The van der Waals surface area contributed by atoms with Crippen LogP contribution in [0.3, 0.4) is 0 Å². The molecule has 0 radical (unpaired) electrons. The minimum atomic E-state index is -1.09. The third-order valence-electron chi connectivity index (χ3n) is 3.56. The van der Waals surface area contributed by atoms with Crippen molar-refractivity contribution in [3.05, 3.63) is 59.4 Å². The second kappa shape index (κ2) is 17.0. The van der Waals surface area contributed by atoms with Gasteiger partial charge >= 0.3 is 17.9 Å². The molecule has 0 unspecified atom stereocenters. The van der Waals surface area contributed by atoms with Gasteiger partial charge in [0.25, 0.3) is 0 Å². The fourth-order valence-electron chi connectivity index (χ4n) is 2.02. The highest BCUT2D eigenvalue weighted by molar-refractivity contribution is 6.29. The molecule has 0 saturated carbocycles. The zero-order valence-electron chi connectivity index (χ0n) is 20.5. The molecule has 0 spiro atoms. The minimum absolute atomic E-state index is 0.0848. The number of carbonyl (C=O) groups is 3. The third-order valence-corrected chi connectivity index (χ3v) is 3.75. The van der Waals surface area contributed by atoms with Crippen LogP contribution in [0.2, 0.25) is 5.15 Å². The maximum absolute atomic E-state index is 11.1. The van der Waals surface area contributed by atoms with Crippen LogP contribution < -0.4 is 9.47 Å². The van der Waals surface area contributed by atoms with Crippen molar-refractivity contribution >= 4 is 29.5 Å². The fourth-order valence-corrected chi connectivity index (χ4v) is 2.12. The largest absolute Gasteiger partial charge is 0.477 e. The molecule has 3 aromatic rings. The average molecular weight is 537 g/mol. The standard InChI is InChI=1S/C9H12N2O3.C7H8N2O3.C6H5ClN2O2/c1-3-13-8-6-10-7(5-11-8)9(12)14-4-2;1-2-12-6-4-8-5(3-9-6)7(10)11;1-11-6(10)4-2-9-5(7)3-8-4/h5-6H,3-4H2,1-2H3;3-4H,2H2,1H3,(H,10,11);2-3H,1H3. The molecule has 0 aliphatic heterocycles. The van der Waals surface area contributed by atoms with Gasteiger partial charge in [0.05, 0.1) is 64.1 Å². The SMILES string of the molecule is CCOC(=O)c1cnc(OCC)cn1.CCOc1cnc(C(=O)O)cn1.COC(=O)c1cnc(Cl)cn1. The van der Waals surface area contributed by atoms with E-state index in [0.717, 1.165) is 6.20 Å². The number of carbonyl (C=O) groups excluding carboxylic acids is 2. The zero-order chi connectivity index (χ0) is 27.6. The van der Waals surface area contributed by atoms with Gasteiger partial charge < -0.3 is 24.1 Å². The smallest absolute Gasteiger partial charge is 0.358 e. The fraction of sp³-hybridized carbons (Fsp3) is 0.318. The molecular weight excluding hydrogens is 512 g/mol. The maximum atomic E-state index is 11.1. The third kappa shape index (κ3) is 11.7. The molecular formula is C22H25ClN6O8. The number of esters is 2. The van der Waals surface area contributed by atoms with Gasteiger partial charge in [0.1, 0.15) is 5.15 Å². The molecule has 0 aliphatic rings. The highest BCUT2D eigenvalue weighted by Gasteiger charge is 2.08. The first-order valence-corrected chi connectivity index (χ1v) is 11.0. The lowest BCUT2D eigenvalue weighted by Crippen LogP contribution is -2.08. The van der Waals surface area contributed by atoms with E-state index in [9.17, 15) is 14.4 Å². The number of hydrogen-bond acceptors (Lipinski definition) is 13. The van der Waals surface area contributed by atoms with Crippen LogP contribution in [0, 0.1) is 0 Å². The molecule has 37 heavy (non-hydrogen) atoms. The van der Waals surface area contributed by atoms with Crippen molar-refractivity contribution in [3.63, 3.8) is 0 Å². The lowest BCUT2D eigenvalue weighted by molar-refractivity contribution is 0.0517. The number of nitrogens with zero attached hydrogens (tertiary/aromatic N) is 6. The summed E-state index contributed by atoms with van der Waals surface area (Å²) in [5.41, 5.74) is 0.255. The number of carboxylic acid groups (broad SMARTS) is 1. The first-order chi connectivity index (χ1) is 17.7. The van der Waals surface area contributed by atoms with E-state index < -0.39 is 17.9 Å². The molecule has 3 rings (SSSR count). The number of aromatic nitrogens is 6. The van der Waals surface area contributed by atoms with Gasteiger partial charge in [-0.3, -0.25) is 0 Å². The summed E-state index contributed by atoms with van der Waals surface area (Å²) in [6.07, 6.45) is 7.72. The Balaban J connectivity index is 0.000000280. The molecule has 1 N–H and O–H groups in total. The molecule has 0 bridgehead atoms. The number of hydrogen-bond donors (Lipinski definition) is 1. The van der Waals surface area contributed by atoms with Gasteiger partial charge in [-0.25, -0.2) is 44.3 Å². The van der Waals surface area contributed by atoms with Gasteiger partial charge in [-0.05, 0) is 20.8 Å². The van der Waals surface area contributed by atoms with Gasteiger partial charge in [-0.2, -0.15) is 0 Å². The van der Waals surface area contributed by atoms with Crippen LogP contribution in [0.1, 0.15) is 52.2 Å². The first kappa shape index (κ1) is 30.6. The van der Waals surface area contributed by atoms with Crippen LogP contribution in [0.25, 0.3) is 0 Å². The molecule has 0 aromatic carbocycles. The number of aromatic carboxylic acids is 1. The zero-order valence-corrected chi connectivity index (χ0v) is 21.2. The van der Waals surface area contributed by atoms with Gasteiger partial charge in [-0.15, -0.1) is 0 Å². The van der Waals surface area contributed by atoms with Crippen molar-refractivity contribution in [2.24, 2.45) is 0 Å². The normalized spacial score (nSPS) is 9.43. The van der Waals surface area contributed by atoms with Crippen molar-refractivity contribution in [1.82, 2.24) is 29.9 Å². The highest BCUT2D eigenvalue weighted by Crippen LogP contribution is 2.05. The lowest BCUT2D eigenvalue weighted by atomic mass is 10.4. The van der Waals surface area contributed by atoms with Gasteiger partial charge in [0.2, 0.25) is 11.8 Å². The van der Waals surface area contributed by atoms with Crippen LogP contribution in [-0.4, -0.2) is 79.8 Å². The molecule has 198 valence electrons. The van der Waals surface area contributed by atoms with E-state index in [1.165, 1.54) is 38.1 Å². The monoisotopic (exact) mass is 536 g/mol. The second-order valence-corrected chi connectivity index (χ2v) is 6.47. The van der Waals surface area contributed by atoms with Crippen molar-refractivity contribution in [2.75, 3.05) is 26.9 Å². The van der Waals surface area contributed by atoms with E-state index in [2.05, 4.69) is 34.6 Å². The van der Waals surface area contributed by atoms with Crippen molar-refractivity contribution in [2.45, 2.75) is 20.8 Å². The highest BCUT2D eigenvalue weighted by atomic mass is 35.5. The Labute approximate surface area is 217 Å². The van der Waals surface area contributed by atoms with E-state index in [4.69, 9.17) is 30.9 Å². The average Bonchev–Trinajstić information content (AvgIpc) is 2.91. The van der Waals surface area contributed by atoms with E-state index in [1.807, 2.05) is 13.8 Å². The molecule has 15 heteroatoms. The quantitative estimate of drug-likeness (QED) is 0.413. The van der Waals surface area contributed by atoms with Crippen molar-refractivity contribution in [3.8, 4) is 11.8 Å². The van der Waals surface area contributed by atoms with E-state index >= 15 is 0 Å². The maximum Gasteiger partial charge on any atom is 0.358 e. The Kier molecular flexibility index (Phi) is 14.1. The number of rotatable bonds is 8. The van der Waals surface area contributed by atoms with Crippen LogP contribution in [0.15, 0.2) is 37.2 Å². The van der Waals surface area contributed by atoms with Crippen LogP contribution in [-0.2, 0) is 9.47 Å². The van der Waals surface area contributed by atoms with Gasteiger partial charge in [-0.1, -0.05) is 11.6 Å². The summed E-state index contributed by atoms with van der Waals surface area (Å²) >= 11 is 5.43. The Morgan fingerprint density at radius 1 is 0.703 bits per heavy atom. The molecule has 0 fully saturated rings. The number of carboxylic acids is 1. The molecule has 0 aliphatic carbocycles. The molecule has 3 heterocycles. The molecule has 0 amide bonds. The number of halogens is 1. The summed E-state index contributed by atoms with van der Waals surface area (Å²) in [4.78, 5) is 54.6. The van der Waals surface area contributed by atoms with E-state index in [0.29, 0.717) is 31.6 Å². The predicted octanol–water partition coefficient (Wildman–Crippen LogP) is 2.54. The van der Waals surface area contributed by atoms with Crippen molar-refractivity contribution in [1.29, 1.82) is 0 Å². The van der Waals surface area contributed by atoms with E-state index in [1.54, 1.807) is 6.92 Å². The van der Waals surface area contributed by atoms with Crippen LogP contribution in [0.5, 0.6) is 11.8 Å². The first-order valence-electron chi connectivity index (χ1n) is 10.6. The van der Waals surface area contributed by atoms with E-state index in [-0.39, 0.29) is 22.2 Å². The Morgan fingerprint density at radius 2 is 1.19 bits per heavy atom. The Hall–Kier alpha value is -4.46. The summed E-state index contributed by atoms with van der Waals surface area (Å²) < 4.78 is 19.2. The Morgan fingerprint density at radius 3 is 1.57 bits per heavy atom. The summed E-state index contributed by atoms with van der Waals surface area (Å²) in [5, 5.41) is 8.71. The van der Waals surface area contributed by atoms with Gasteiger partial charge in [0.15, 0.2) is 17.1 Å². The summed E-state index contributed by atoms with van der Waals surface area (Å²) in [7, 11) is 1.28. The summed E-state index contributed by atoms with van der Waals surface area (Å²) in [5.74, 6) is -1.34. The number of methoxy groups -OCH3 is 1. The second-order valence-electron chi connectivity index (χ2n) is 6.09. The summed E-state index contributed by atoms with van der Waals surface area (Å²) in [6, 6.07) is 0.